The van der Waals surface area contributed by atoms with E-state index >= 15 is 0 Å². The number of primary amides is 1. The Hall–Kier alpha value is -0.810. The molecule has 3 N–H and O–H groups in total. The fourth-order valence-electron chi connectivity index (χ4n) is 0.612. The summed E-state index contributed by atoms with van der Waals surface area (Å²) >= 11 is 0. The number of nitrogens with one attached hydrogen (secondary N) is 1. The molecule has 0 saturated carbocycles. The molecular weight excluding hydrogens is 160 g/mol. The van der Waals surface area contributed by atoms with E-state index in [9.17, 15) is 4.79 Å². The third kappa shape index (κ3) is 7.30. The largest absolute Gasteiger partial charge is 0.448 e. The van der Waals surface area contributed by atoms with Crippen molar-refractivity contribution in [1.82, 2.24) is 5.32 Å². The smallest absolute Gasteiger partial charge is 0.404 e. The van der Waals surface area contributed by atoms with Crippen molar-refractivity contribution in [2.24, 2.45) is 5.73 Å². The molecule has 0 rings (SSSR count). The zero-order chi connectivity index (χ0) is 9.40. The Morgan fingerprint density at radius 3 is 2.83 bits per heavy atom. The summed E-state index contributed by atoms with van der Waals surface area (Å²) in [7, 11) is 1.65. The molecule has 0 spiro atoms. The summed E-state index contributed by atoms with van der Waals surface area (Å²) in [6.07, 6.45) is -0.574. The summed E-state index contributed by atoms with van der Waals surface area (Å²) in [5, 5.41) is 3.03. The predicted octanol–water partition coefficient (Wildman–Crippen LogP) is -0.294. The highest BCUT2D eigenvalue weighted by Crippen LogP contribution is 1.82. The number of amides is 1. The Bertz CT molecular complexity index is 130. The molecule has 0 saturated heterocycles. The van der Waals surface area contributed by atoms with Gasteiger partial charge in [0.1, 0.15) is 6.61 Å². The predicted molar refractivity (Wildman–Crippen MR) is 44.9 cm³/mol. The van der Waals surface area contributed by atoms with Gasteiger partial charge >= 0.3 is 6.09 Å². The van der Waals surface area contributed by atoms with Crippen LogP contribution >= 0.6 is 0 Å². The molecule has 1 atom stereocenters. The van der Waals surface area contributed by atoms with Crippen molar-refractivity contribution < 1.29 is 14.3 Å². The van der Waals surface area contributed by atoms with E-state index in [2.05, 4.69) is 10.1 Å². The van der Waals surface area contributed by atoms with Crippen LogP contribution in [0.1, 0.15) is 6.92 Å². The summed E-state index contributed by atoms with van der Waals surface area (Å²) < 4.78 is 9.48. The number of nitrogens with two attached hydrogens (primary N) is 1. The second-order valence-corrected chi connectivity index (χ2v) is 2.42. The number of methoxy groups -OCH3 is 1. The van der Waals surface area contributed by atoms with Gasteiger partial charge in [-0.3, -0.25) is 0 Å². The van der Waals surface area contributed by atoms with E-state index in [1.54, 1.807) is 7.11 Å². The van der Waals surface area contributed by atoms with Crippen LogP contribution in [0.4, 0.5) is 4.79 Å². The second kappa shape index (κ2) is 6.87. The van der Waals surface area contributed by atoms with E-state index < -0.39 is 6.09 Å². The van der Waals surface area contributed by atoms with Crippen molar-refractivity contribution >= 4 is 6.09 Å². The highest BCUT2D eigenvalue weighted by atomic mass is 16.5. The fourth-order valence-corrected chi connectivity index (χ4v) is 0.612. The molecule has 0 aliphatic heterocycles. The molecular formula is C7H16N2O3. The molecule has 0 bridgehead atoms. The van der Waals surface area contributed by atoms with Gasteiger partial charge in [-0.2, -0.15) is 0 Å². The highest BCUT2D eigenvalue weighted by Gasteiger charge is 1.97. The van der Waals surface area contributed by atoms with E-state index in [0.29, 0.717) is 13.2 Å². The Morgan fingerprint density at radius 2 is 2.33 bits per heavy atom. The summed E-state index contributed by atoms with van der Waals surface area (Å²) in [5.41, 5.74) is 4.75. The third-order valence-corrected chi connectivity index (χ3v) is 1.36. The third-order valence-electron chi connectivity index (χ3n) is 1.36. The van der Waals surface area contributed by atoms with Crippen molar-refractivity contribution in [1.29, 1.82) is 0 Å². The lowest BCUT2D eigenvalue weighted by atomic mass is 10.4. The maximum Gasteiger partial charge on any atom is 0.404 e. The van der Waals surface area contributed by atoms with Crippen LogP contribution in [-0.2, 0) is 9.47 Å². The Kier molecular flexibility index (Phi) is 6.41. The number of carbonyl (C=O) groups excluding carboxylic acids is 1. The summed E-state index contributed by atoms with van der Waals surface area (Å²) in [6.45, 7) is 3.57. The van der Waals surface area contributed by atoms with Crippen molar-refractivity contribution in [3.05, 3.63) is 0 Å². The van der Waals surface area contributed by atoms with Crippen LogP contribution in [0, 0.1) is 0 Å². The van der Waals surface area contributed by atoms with Gasteiger partial charge in [0, 0.05) is 20.2 Å². The molecule has 12 heavy (non-hydrogen) atoms. The van der Waals surface area contributed by atoms with Crippen molar-refractivity contribution in [2.75, 3.05) is 26.8 Å². The minimum atomic E-state index is -0.739. The van der Waals surface area contributed by atoms with Crippen LogP contribution in [-0.4, -0.2) is 39.0 Å². The van der Waals surface area contributed by atoms with E-state index in [0.717, 1.165) is 6.54 Å². The molecule has 0 aromatic rings. The van der Waals surface area contributed by atoms with Gasteiger partial charge in [0.25, 0.3) is 0 Å². The Balaban J connectivity index is 3.05. The van der Waals surface area contributed by atoms with Crippen molar-refractivity contribution in [3.8, 4) is 0 Å². The first-order chi connectivity index (χ1) is 5.66. The van der Waals surface area contributed by atoms with Gasteiger partial charge in [0.15, 0.2) is 0 Å². The highest BCUT2D eigenvalue weighted by molar-refractivity contribution is 5.64. The molecule has 0 fully saturated rings. The van der Waals surface area contributed by atoms with Gasteiger partial charge in [-0.1, -0.05) is 0 Å². The zero-order valence-electron chi connectivity index (χ0n) is 7.50. The first-order valence-electron chi connectivity index (χ1n) is 3.82. The fraction of sp³-hybridized carbons (Fsp3) is 0.857. The molecule has 0 radical (unpaired) electrons. The topological polar surface area (TPSA) is 73.6 Å². The van der Waals surface area contributed by atoms with Crippen LogP contribution < -0.4 is 11.1 Å². The Morgan fingerprint density at radius 1 is 1.67 bits per heavy atom. The average Bonchev–Trinajstić information content (AvgIpc) is 2.03. The second-order valence-electron chi connectivity index (χ2n) is 2.42. The SMILES string of the molecule is COC(C)CNCCOC(N)=O. The molecule has 5 nitrogen and oxygen atoms in total. The molecule has 72 valence electrons. The lowest BCUT2D eigenvalue weighted by molar-refractivity contribution is 0.114. The van der Waals surface area contributed by atoms with Gasteiger partial charge in [-0.05, 0) is 6.92 Å². The van der Waals surface area contributed by atoms with E-state index in [1.165, 1.54) is 0 Å². The summed E-state index contributed by atoms with van der Waals surface area (Å²) in [6, 6.07) is 0. The maximum atomic E-state index is 10.1. The van der Waals surface area contributed by atoms with Gasteiger partial charge in [-0.25, -0.2) is 4.79 Å². The molecule has 5 heteroatoms. The number of hydrogen-bond acceptors (Lipinski definition) is 4. The monoisotopic (exact) mass is 176 g/mol. The summed E-state index contributed by atoms with van der Waals surface area (Å²) in [5.74, 6) is 0. The first-order valence-corrected chi connectivity index (χ1v) is 3.82. The van der Waals surface area contributed by atoms with Crippen LogP contribution in [0.25, 0.3) is 0 Å². The van der Waals surface area contributed by atoms with Crippen LogP contribution in [0.2, 0.25) is 0 Å². The normalized spacial score (nSPS) is 12.5. The summed E-state index contributed by atoms with van der Waals surface area (Å²) in [4.78, 5) is 10.1. The van der Waals surface area contributed by atoms with E-state index in [4.69, 9.17) is 10.5 Å². The van der Waals surface area contributed by atoms with Crippen molar-refractivity contribution in [2.45, 2.75) is 13.0 Å². The molecule has 1 amide bonds. The number of hydrogen-bond donors (Lipinski definition) is 2. The minimum absolute atomic E-state index is 0.165. The standard InChI is InChI=1S/C7H16N2O3/c1-6(11-2)5-9-3-4-12-7(8)10/h6,9H,3-5H2,1-2H3,(H2,8,10). The van der Waals surface area contributed by atoms with Gasteiger partial charge in [-0.15, -0.1) is 0 Å². The lowest BCUT2D eigenvalue weighted by Crippen LogP contribution is -2.30. The molecule has 0 aliphatic rings. The lowest BCUT2D eigenvalue weighted by Gasteiger charge is -2.09. The molecule has 0 aromatic carbocycles. The zero-order valence-corrected chi connectivity index (χ0v) is 7.50. The number of rotatable bonds is 6. The van der Waals surface area contributed by atoms with E-state index in [-0.39, 0.29) is 6.10 Å². The van der Waals surface area contributed by atoms with Crippen LogP contribution in [0.3, 0.4) is 0 Å². The maximum absolute atomic E-state index is 10.1. The average molecular weight is 176 g/mol. The number of ether oxygens (including phenoxy) is 2. The van der Waals surface area contributed by atoms with Crippen LogP contribution in [0.5, 0.6) is 0 Å². The van der Waals surface area contributed by atoms with Crippen LogP contribution in [0.15, 0.2) is 0 Å². The minimum Gasteiger partial charge on any atom is -0.448 e. The quantitative estimate of drug-likeness (QED) is 0.545. The number of carbonyl (C=O) groups is 1. The van der Waals surface area contributed by atoms with Gasteiger partial charge < -0.3 is 20.5 Å². The van der Waals surface area contributed by atoms with Crippen molar-refractivity contribution in [3.63, 3.8) is 0 Å². The molecule has 0 heterocycles. The van der Waals surface area contributed by atoms with E-state index in [1.807, 2.05) is 6.92 Å². The first kappa shape index (κ1) is 11.2. The molecule has 1 unspecified atom stereocenters. The van der Waals surface area contributed by atoms with Gasteiger partial charge in [0.2, 0.25) is 0 Å². The van der Waals surface area contributed by atoms with Gasteiger partial charge in [0.05, 0.1) is 6.10 Å². The molecule has 0 aliphatic carbocycles. The molecule has 0 aromatic heterocycles. The Labute approximate surface area is 72.2 Å².